The van der Waals surface area contributed by atoms with Crippen LogP contribution in [0.2, 0.25) is 0 Å². The van der Waals surface area contributed by atoms with Gasteiger partial charge in [0, 0.05) is 37.1 Å². The van der Waals surface area contributed by atoms with E-state index in [-0.39, 0.29) is 5.91 Å². The molecule has 3 saturated heterocycles. The van der Waals surface area contributed by atoms with Gasteiger partial charge < -0.3 is 4.90 Å². The van der Waals surface area contributed by atoms with Gasteiger partial charge in [-0.3, -0.25) is 9.69 Å². The van der Waals surface area contributed by atoms with Crippen molar-refractivity contribution in [3.63, 3.8) is 0 Å². The van der Waals surface area contributed by atoms with Crippen molar-refractivity contribution < 1.29 is 4.79 Å². The average Bonchev–Trinajstić information content (AvgIpc) is 2.70. The van der Waals surface area contributed by atoms with Crippen molar-refractivity contribution in [1.82, 2.24) is 9.80 Å². The standard InChI is InChI=1S/C18H26N2OS/c1-13-5-8-17(22-13)18(21)20-11-15-6-7-16(12-20)19(10-15)9-14-3-2-4-14/h5,8,14-16H,2-4,6-7,9-12H2,1H3/t15-,16-/m1/s1. The highest BCUT2D eigenvalue weighted by Gasteiger charge is 2.38. The Morgan fingerprint density at radius 2 is 2.05 bits per heavy atom. The van der Waals surface area contributed by atoms with Crippen molar-refractivity contribution in [1.29, 1.82) is 0 Å². The minimum absolute atomic E-state index is 0.264. The highest BCUT2D eigenvalue weighted by Crippen LogP contribution is 2.33. The normalized spacial score (nSPS) is 29.4. The van der Waals surface area contributed by atoms with Crippen LogP contribution < -0.4 is 0 Å². The fourth-order valence-electron chi connectivity index (χ4n) is 4.28. The maximum Gasteiger partial charge on any atom is 0.263 e. The third-order valence-electron chi connectivity index (χ3n) is 5.78. The van der Waals surface area contributed by atoms with Gasteiger partial charge in [-0.05, 0) is 56.6 Å². The number of carbonyl (C=O) groups excluding carboxylic acids is 1. The molecule has 4 aliphatic rings. The van der Waals surface area contributed by atoms with E-state index in [2.05, 4.69) is 22.8 Å². The summed E-state index contributed by atoms with van der Waals surface area (Å²) in [6, 6.07) is 4.67. The molecule has 4 fully saturated rings. The molecule has 120 valence electrons. The Hall–Kier alpha value is -0.870. The van der Waals surface area contributed by atoms with E-state index in [4.69, 9.17) is 0 Å². The van der Waals surface area contributed by atoms with Crippen LogP contribution in [0.5, 0.6) is 0 Å². The zero-order valence-corrected chi connectivity index (χ0v) is 14.3. The number of thiophene rings is 1. The first-order valence-corrected chi connectivity index (χ1v) is 9.60. The van der Waals surface area contributed by atoms with E-state index in [0.717, 1.165) is 23.9 Å². The van der Waals surface area contributed by atoms with E-state index in [1.165, 1.54) is 50.1 Å². The van der Waals surface area contributed by atoms with Crippen molar-refractivity contribution in [2.75, 3.05) is 26.2 Å². The minimum Gasteiger partial charge on any atom is -0.336 e. The Morgan fingerprint density at radius 3 is 2.73 bits per heavy atom. The summed E-state index contributed by atoms with van der Waals surface area (Å²) in [5.41, 5.74) is 0. The second kappa shape index (κ2) is 5.97. The van der Waals surface area contributed by atoms with Crippen molar-refractivity contribution in [3.05, 3.63) is 21.9 Å². The van der Waals surface area contributed by atoms with E-state index in [0.29, 0.717) is 12.0 Å². The Balaban J connectivity index is 1.46. The van der Waals surface area contributed by atoms with Gasteiger partial charge in [-0.15, -0.1) is 11.3 Å². The predicted octanol–water partition coefficient (Wildman–Crippen LogP) is 3.39. The van der Waals surface area contributed by atoms with Crippen LogP contribution in [0.4, 0.5) is 0 Å². The molecule has 3 nitrogen and oxygen atoms in total. The molecule has 0 aromatic carbocycles. The van der Waals surface area contributed by atoms with Crippen molar-refractivity contribution in [2.45, 2.75) is 45.1 Å². The third kappa shape index (κ3) is 2.83. The zero-order valence-electron chi connectivity index (χ0n) is 13.5. The first kappa shape index (κ1) is 14.7. The van der Waals surface area contributed by atoms with Gasteiger partial charge in [0.2, 0.25) is 0 Å². The quantitative estimate of drug-likeness (QED) is 0.853. The van der Waals surface area contributed by atoms with Crippen molar-refractivity contribution in [2.24, 2.45) is 11.8 Å². The fraction of sp³-hybridized carbons (Fsp3) is 0.722. The number of amides is 1. The molecule has 1 aromatic rings. The molecule has 0 radical (unpaired) electrons. The van der Waals surface area contributed by atoms with Crippen molar-refractivity contribution in [3.8, 4) is 0 Å². The van der Waals surface area contributed by atoms with Crippen LogP contribution in [0.25, 0.3) is 0 Å². The second-order valence-electron chi connectivity index (χ2n) is 7.47. The summed E-state index contributed by atoms with van der Waals surface area (Å²) in [5, 5.41) is 0. The zero-order chi connectivity index (χ0) is 15.1. The molecule has 2 bridgehead atoms. The van der Waals surface area contributed by atoms with E-state index in [1.54, 1.807) is 11.3 Å². The van der Waals surface area contributed by atoms with E-state index in [1.807, 2.05) is 6.07 Å². The smallest absolute Gasteiger partial charge is 0.263 e. The topological polar surface area (TPSA) is 23.6 Å². The maximum atomic E-state index is 12.8. The van der Waals surface area contributed by atoms with Crippen LogP contribution in [0.1, 0.15) is 46.7 Å². The lowest BCUT2D eigenvalue weighted by Crippen LogP contribution is -2.47. The molecule has 2 atom stereocenters. The number of carbonyl (C=O) groups is 1. The first-order chi connectivity index (χ1) is 10.7. The molecule has 0 N–H and O–H groups in total. The second-order valence-corrected chi connectivity index (χ2v) is 8.76. The highest BCUT2D eigenvalue weighted by atomic mass is 32.1. The van der Waals surface area contributed by atoms with Crippen LogP contribution in [0.3, 0.4) is 0 Å². The Morgan fingerprint density at radius 1 is 1.18 bits per heavy atom. The van der Waals surface area contributed by atoms with Gasteiger partial charge in [-0.1, -0.05) is 6.42 Å². The SMILES string of the molecule is Cc1ccc(C(=O)N2C[C@@H]3CC[C@H](C2)N(CC2CCC2)C3)s1. The number of aryl methyl sites for hydroxylation is 1. The number of nitrogens with zero attached hydrogens (tertiary/aromatic N) is 2. The largest absolute Gasteiger partial charge is 0.336 e. The lowest BCUT2D eigenvalue weighted by molar-refractivity contribution is 0.0721. The van der Waals surface area contributed by atoms with Crippen LogP contribution in [0, 0.1) is 18.8 Å². The number of rotatable bonds is 3. The van der Waals surface area contributed by atoms with E-state index in [9.17, 15) is 4.79 Å². The summed E-state index contributed by atoms with van der Waals surface area (Å²) in [5.74, 6) is 1.88. The minimum atomic E-state index is 0.264. The van der Waals surface area contributed by atoms with Gasteiger partial charge in [0.15, 0.2) is 0 Å². The van der Waals surface area contributed by atoms with Crippen LogP contribution in [-0.2, 0) is 0 Å². The molecule has 4 heteroatoms. The summed E-state index contributed by atoms with van der Waals surface area (Å²) in [6.07, 6.45) is 6.86. The van der Waals surface area contributed by atoms with Crippen LogP contribution in [-0.4, -0.2) is 47.9 Å². The lowest BCUT2D eigenvalue weighted by atomic mass is 9.83. The molecule has 4 heterocycles. The van der Waals surface area contributed by atoms with E-state index < -0.39 is 0 Å². The Bertz CT molecular complexity index is 551. The van der Waals surface area contributed by atoms with Crippen LogP contribution in [0.15, 0.2) is 12.1 Å². The molecule has 0 unspecified atom stereocenters. The Labute approximate surface area is 137 Å². The molecule has 1 aliphatic carbocycles. The highest BCUT2D eigenvalue weighted by molar-refractivity contribution is 7.13. The fourth-order valence-corrected chi connectivity index (χ4v) is 5.12. The molecular weight excluding hydrogens is 292 g/mol. The lowest BCUT2D eigenvalue weighted by Gasteiger charge is -2.40. The molecule has 22 heavy (non-hydrogen) atoms. The van der Waals surface area contributed by atoms with Crippen LogP contribution >= 0.6 is 11.3 Å². The number of hydrogen-bond acceptors (Lipinski definition) is 3. The monoisotopic (exact) mass is 318 g/mol. The maximum absolute atomic E-state index is 12.8. The molecule has 5 rings (SSSR count). The van der Waals surface area contributed by atoms with Crippen molar-refractivity contribution >= 4 is 17.2 Å². The molecular formula is C18H26N2OS. The summed E-state index contributed by atoms with van der Waals surface area (Å²) in [4.78, 5) is 19.8. The summed E-state index contributed by atoms with van der Waals surface area (Å²) >= 11 is 1.64. The molecule has 0 spiro atoms. The summed E-state index contributed by atoms with van der Waals surface area (Å²) in [6.45, 7) is 6.48. The molecule has 3 aliphatic heterocycles. The molecule has 1 aromatic heterocycles. The van der Waals surface area contributed by atoms with Gasteiger partial charge in [-0.2, -0.15) is 0 Å². The van der Waals surface area contributed by atoms with Gasteiger partial charge >= 0.3 is 0 Å². The summed E-state index contributed by atoms with van der Waals surface area (Å²) in [7, 11) is 0. The number of piperidine rings is 1. The number of hydrogen-bond donors (Lipinski definition) is 0. The van der Waals surface area contributed by atoms with Gasteiger partial charge in [0.25, 0.3) is 5.91 Å². The average molecular weight is 318 g/mol. The van der Waals surface area contributed by atoms with E-state index >= 15 is 0 Å². The Kier molecular flexibility index (Phi) is 3.99. The van der Waals surface area contributed by atoms with Gasteiger partial charge in [-0.25, -0.2) is 0 Å². The first-order valence-electron chi connectivity index (χ1n) is 8.79. The number of fused-ring (bicyclic) bond motifs is 4. The summed E-state index contributed by atoms with van der Waals surface area (Å²) < 4.78 is 0. The van der Waals surface area contributed by atoms with Gasteiger partial charge in [0.05, 0.1) is 4.88 Å². The molecule has 1 amide bonds. The predicted molar refractivity (Wildman–Crippen MR) is 90.4 cm³/mol. The van der Waals surface area contributed by atoms with Gasteiger partial charge in [0.1, 0.15) is 0 Å². The molecule has 1 saturated carbocycles. The third-order valence-corrected chi connectivity index (χ3v) is 6.77.